The van der Waals surface area contributed by atoms with E-state index in [9.17, 15) is 9.59 Å². The van der Waals surface area contributed by atoms with Gasteiger partial charge in [0.1, 0.15) is 0 Å². The first kappa shape index (κ1) is 34.5. The van der Waals surface area contributed by atoms with Crippen molar-refractivity contribution >= 4 is 35.8 Å². The fraction of sp³-hybridized carbons (Fsp3) is 0.765. The Morgan fingerprint density at radius 1 is 0.953 bits per heavy atom. The molecule has 5 rings (SSSR count). The van der Waals surface area contributed by atoms with Crippen molar-refractivity contribution in [3.05, 3.63) is 34.9 Å². The number of carbonyl (C=O) groups is 2. The van der Waals surface area contributed by atoms with Crippen molar-refractivity contribution in [1.29, 1.82) is 0 Å². The SMILES string of the molecule is CC1CCC(N(C(=O)C(C)C)[C@H]2C[C@@H](C(=O)N3CCOCC3)N([C@@H]3CN(C(C)(C)C)C[C@H]3c3ccc(Cl)cc3)C2)CC1.Cl. The van der Waals surface area contributed by atoms with Crippen LogP contribution in [0, 0.1) is 11.8 Å². The first-order chi connectivity index (χ1) is 19.9. The molecule has 4 aliphatic rings. The number of ether oxygens (including phenoxy) is 1. The van der Waals surface area contributed by atoms with Gasteiger partial charge in [0.2, 0.25) is 11.8 Å². The highest BCUT2D eigenvalue weighted by Crippen LogP contribution is 2.41. The molecule has 0 bridgehead atoms. The second kappa shape index (κ2) is 14.4. The van der Waals surface area contributed by atoms with Gasteiger partial charge in [-0.15, -0.1) is 12.4 Å². The van der Waals surface area contributed by atoms with Crippen LogP contribution < -0.4 is 0 Å². The minimum atomic E-state index is -0.238. The zero-order chi connectivity index (χ0) is 30.2. The number of morpholine rings is 1. The first-order valence-electron chi connectivity index (χ1n) is 16.4. The molecule has 0 radical (unpaired) electrons. The number of halogens is 2. The molecule has 2 amide bonds. The quantitative estimate of drug-likeness (QED) is 0.401. The zero-order valence-electron chi connectivity index (χ0n) is 27.1. The molecule has 3 saturated heterocycles. The highest BCUT2D eigenvalue weighted by atomic mass is 35.5. The van der Waals surface area contributed by atoms with Gasteiger partial charge in [-0.2, -0.15) is 0 Å². The molecule has 242 valence electrons. The van der Waals surface area contributed by atoms with Crippen molar-refractivity contribution in [2.75, 3.05) is 45.9 Å². The minimum Gasteiger partial charge on any atom is -0.378 e. The van der Waals surface area contributed by atoms with E-state index < -0.39 is 0 Å². The molecule has 0 N–H and O–H groups in total. The van der Waals surface area contributed by atoms with Gasteiger partial charge in [-0.3, -0.25) is 19.4 Å². The lowest BCUT2D eigenvalue weighted by Crippen LogP contribution is -2.54. The van der Waals surface area contributed by atoms with Gasteiger partial charge < -0.3 is 14.5 Å². The summed E-state index contributed by atoms with van der Waals surface area (Å²) >= 11 is 6.31. The van der Waals surface area contributed by atoms with Crippen molar-refractivity contribution in [2.45, 2.75) is 109 Å². The van der Waals surface area contributed by atoms with Crippen LogP contribution in [0.4, 0.5) is 0 Å². The maximum absolute atomic E-state index is 14.3. The Morgan fingerprint density at radius 3 is 2.16 bits per heavy atom. The number of hydrogen-bond acceptors (Lipinski definition) is 5. The van der Waals surface area contributed by atoms with Gasteiger partial charge in [-0.1, -0.05) is 44.5 Å². The molecule has 1 saturated carbocycles. The van der Waals surface area contributed by atoms with Crippen LogP contribution in [0.1, 0.15) is 85.1 Å². The Hall–Kier alpha value is -1.38. The fourth-order valence-corrected chi connectivity index (χ4v) is 7.95. The van der Waals surface area contributed by atoms with E-state index in [1.807, 2.05) is 30.9 Å². The van der Waals surface area contributed by atoms with Gasteiger partial charge in [-0.25, -0.2) is 0 Å². The molecular weight excluding hydrogens is 583 g/mol. The summed E-state index contributed by atoms with van der Waals surface area (Å²) in [6.07, 6.45) is 5.17. The summed E-state index contributed by atoms with van der Waals surface area (Å²) < 4.78 is 5.60. The Morgan fingerprint density at radius 2 is 1.58 bits per heavy atom. The van der Waals surface area contributed by atoms with Gasteiger partial charge in [0.05, 0.1) is 19.3 Å². The Bertz CT molecular complexity index is 1080. The van der Waals surface area contributed by atoms with Crippen LogP contribution in [0.5, 0.6) is 0 Å². The van der Waals surface area contributed by atoms with E-state index in [2.05, 4.69) is 54.5 Å². The molecule has 7 nitrogen and oxygen atoms in total. The number of rotatable bonds is 6. The van der Waals surface area contributed by atoms with Crippen molar-refractivity contribution < 1.29 is 14.3 Å². The molecule has 0 aromatic heterocycles. The summed E-state index contributed by atoms with van der Waals surface area (Å²) in [5.74, 6) is 1.37. The molecule has 9 heteroatoms. The van der Waals surface area contributed by atoms with Crippen LogP contribution in [0.25, 0.3) is 0 Å². The predicted octanol–water partition coefficient (Wildman–Crippen LogP) is 5.69. The molecule has 1 aromatic carbocycles. The predicted molar refractivity (Wildman–Crippen MR) is 176 cm³/mol. The Balaban J connectivity index is 0.00000423. The summed E-state index contributed by atoms with van der Waals surface area (Å²) in [7, 11) is 0. The van der Waals surface area contributed by atoms with Gasteiger partial charge in [0.25, 0.3) is 0 Å². The lowest BCUT2D eigenvalue weighted by molar-refractivity contribution is -0.142. The molecule has 1 aliphatic carbocycles. The highest BCUT2D eigenvalue weighted by Gasteiger charge is 2.51. The van der Waals surface area contributed by atoms with E-state index >= 15 is 0 Å². The number of carbonyl (C=O) groups excluding carboxylic acids is 2. The zero-order valence-corrected chi connectivity index (χ0v) is 28.7. The van der Waals surface area contributed by atoms with E-state index in [0.717, 1.165) is 43.4 Å². The third-order valence-electron chi connectivity index (χ3n) is 10.4. The van der Waals surface area contributed by atoms with Gasteiger partial charge in [-0.05, 0) is 76.5 Å². The fourth-order valence-electron chi connectivity index (χ4n) is 7.83. The van der Waals surface area contributed by atoms with Crippen molar-refractivity contribution in [3.63, 3.8) is 0 Å². The van der Waals surface area contributed by atoms with Gasteiger partial charge in [0, 0.05) is 73.2 Å². The monoisotopic (exact) mass is 636 g/mol. The normalized spacial score (nSPS) is 30.8. The average molecular weight is 638 g/mol. The summed E-state index contributed by atoms with van der Waals surface area (Å²) in [4.78, 5) is 37.6. The summed E-state index contributed by atoms with van der Waals surface area (Å²) in [6.45, 7) is 18.3. The smallest absolute Gasteiger partial charge is 0.240 e. The number of benzene rings is 1. The molecule has 4 atom stereocenters. The van der Waals surface area contributed by atoms with Crippen LogP contribution >= 0.6 is 24.0 Å². The van der Waals surface area contributed by atoms with E-state index in [4.69, 9.17) is 16.3 Å². The summed E-state index contributed by atoms with van der Waals surface area (Å²) in [5.41, 5.74) is 1.29. The van der Waals surface area contributed by atoms with Crippen LogP contribution in [-0.2, 0) is 14.3 Å². The molecule has 3 heterocycles. The summed E-state index contributed by atoms with van der Waals surface area (Å²) in [6, 6.07) is 8.55. The molecule has 4 fully saturated rings. The van der Waals surface area contributed by atoms with E-state index in [-0.39, 0.29) is 65.8 Å². The number of likely N-dealkylation sites (tertiary alicyclic amines) is 2. The molecule has 0 unspecified atom stereocenters. The first-order valence-corrected chi connectivity index (χ1v) is 16.8. The van der Waals surface area contributed by atoms with Crippen molar-refractivity contribution in [3.8, 4) is 0 Å². The Kier molecular flexibility index (Phi) is 11.5. The molecule has 3 aliphatic heterocycles. The second-order valence-corrected chi connectivity index (χ2v) is 15.1. The van der Waals surface area contributed by atoms with E-state index in [1.54, 1.807) is 0 Å². The van der Waals surface area contributed by atoms with Gasteiger partial charge >= 0.3 is 0 Å². The largest absolute Gasteiger partial charge is 0.378 e. The lowest BCUT2D eigenvalue weighted by Gasteiger charge is -2.41. The average Bonchev–Trinajstić information content (AvgIpc) is 3.60. The maximum Gasteiger partial charge on any atom is 0.240 e. The Labute approximate surface area is 271 Å². The number of nitrogens with zero attached hydrogens (tertiary/aromatic N) is 4. The molecule has 0 spiro atoms. The standard InChI is InChI=1S/C34H53ClN4O3.ClH/c1-23(2)32(40)39(27-13-7-24(3)8-14-27)28-19-30(33(41)36-15-17-42-18-16-36)38(20-28)31-22-37(34(4,5)6)21-29(31)25-9-11-26(35)12-10-25;/h9-12,23-24,27-31H,7-8,13-22H2,1-6H3;1H/t24?,27?,28-,29-,30-,31+;/m0./s1. The van der Waals surface area contributed by atoms with Gasteiger partial charge in [0.15, 0.2) is 0 Å². The summed E-state index contributed by atoms with van der Waals surface area (Å²) in [5, 5.41) is 0.743. The topological polar surface area (TPSA) is 56.3 Å². The van der Waals surface area contributed by atoms with Crippen molar-refractivity contribution in [2.24, 2.45) is 11.8 Å². The van der Waals surface area contributed by atoms with Crippen LogP contribution in [0.2, 0.25) is 5.02 Å². The molecular formula is C34H54Cl2N4O3. The third kappa shape index (κ3) is 7.71. The number of hydrogen-bond donors (Lipinski definition) is 0. The lowest BCUT2D eigenvalue weighted by atomic mass is 9.85. The molecule has 1 aromatic rings. The van der Waals surface area contributed by atoms with Crippen LogP contribution in [-0.4, -0.2) is 107 Å². The van der Waals surface area contributed by atoms with E-state index in [1.165, 1.54) is 18.4 Å². The number of amides is 2. The maximum atomic E-state index is 14.3. The second-order valence-electron chi connectivity index (χ2n) is 14.7. The molecule has 43 heavy (non-hydrogen) atoms. The third-order valence-corrected chi connectivity index (χ3v) is 10.7. The van der Waals surface area contributed by atoms with Crippen LogP contribution in [0.3, 0.4) is 0 Å². The van der Waals surface area contributed by atoms with Crippen LogP contribution in [0.15, 0.2) is 24.3 Å². The minimum absolute atomic E-state index is 0. The highest BCUT2D eigenvalue weighted by molar-refractivity contribution is 6.30. The van der Waals surface area contributed by atoms with E-state index in [0.29, 0.717) is 32.7 Å². The van der Waals surface area contributed by atoms with Crippen molar-refractivity contribution in [1.82, 2.24) is 19.6 Å².